The lowest BCUT2D eigenvalue weighted by Gasteiger charge is -2.18. The first kappa shape index (κ1) is 11.7. The highest BCUT2D eigenvalue weighted by atomic mass is 16.5. The summed E-state index contributed by atoms with van der Waals surface area (Å²) in [6.45, 7) is 3.78. The molecular weight excluding hydrogens is 192 g/mol. The highest BCUT2D eigenvalue weighted by molar-refractivity contribution is 5.75. The summed E-state index contributed by atoms with van der Waals surface area (Å²) in [6.07, 6.45) is 3.46. The first-order valence-electron chi connectivity index (χ1n) is 4.89. The fourth-order valence-electron chi connectivity index (χ4n) is 1.37. The Morgan fingerprint density at radius 2 is 2.00 bits per heavy atom. The molecule has 0 saturated carbocycles. The van der Waals surface area contributed by atoms with E-state index < -0.39 is 0 Å². The van der Waals surface area contributed by atoms with Crippen LogP contribution in [0.3, 0.4) is 0 Å². The maximum Gasteiger partial charge on any atom is 0.322 e. The Morgan fingerprint density at radius 3 is 2.53 bits per heavy atom. The Kier molecular flexibility index (Phi) is 4.24. The number of hydrogen-bond acceptors (Lipinski definition) is 4. The van der Waals surface area contributed by atoms with Crippen LogP contribution in [0.2, 0.25) is 0 Å². The second-order valence-electron chi connectivity index (χ2n) is 3.41. The average Bonchev–Trinajstić information content (AvgIpc) is 2.29. The zero-order valence-electron chi connectivity index (χ0n) is 9.23. The molecule has 1 heterocycles. The van der Waals surface area contributed by atoms with E-state index in [-0.39, 0.29) is 18.1 Å². The predicted molar refractivity (Wildman–Crippen MR) is 57.3 cm³/mol. The lowest BCUT2D eigenvalue weighted by molar-refractivity contribution is -0.142. The maximum atomic E-state index is 11.2. The van der Waals surface area contributed by atoms with Crippen LogP contribution in [0.1, 0.15) is 25.5 Å². The van der Waals surface area contributed by atoms with Crippen molar-refractivity contribution in [3.63, 3.8) is 0 Å². The third-order valence-electron chi connectivity index (χ3n) is 2.26. The largest absolute Gasteiger partial charge is 0.468 e. The van der Waals surface area contributed by atoms with Crippen LogP contribution in [0.25, 0.3) is 0 Å². The van der Waals surface area contributed by atoms with Gasteiger partial charge in [0, 0.05) is 18.4 Å². The van der Waals surface area contributed by atoms with Gasteiger partial charge in [0.2, 0.25) is 0 Å². The molecular formula is C11H16N2O2. The number of nitrogens with one attached hydrogen (secondary N) is 1. The summed E-state index contributed by atoms with van der Waals surface area (Å²) in [7, 11) is 1.39. The van der Waals surface area contributed by atoms with Crippen molar-refractivity contribution in [2.45, 2.75) is 25.9 Å². The van der Waals surface area contributed by atoms with Crippen LogP contribution in [0, 0.1) is 0 Å². The van der Waals surface area contributed by atoms with Gasteiger partial charge in [0.25, 0.3) is 0 Å². The molecule has 0 aliphatic rings. The number of methoxy groups -OCH3 is 1. The van der Waals surface area contributed by atoms with E-state index in [0.717, 1.165) is 5.56 Å². The van der Waals surface area contributed by atoms with E-state index in [1.54, 1.807) is 19.3 Å². The van der Waals surface area contributed by atoms with E-state index in [9.17, 15) is 4.79 Å². The molecule has 0 saturated heterocycles. The number of carbonyl (C=O) groups excluding carboxylic acids is 1. The summed E-state index contributed by atoms with van der Waals surface area (Å²) in [5.41, 5.74) is 1.10. The van der Waals surface area contributed by atoms with Crippen LogP contribution in [0.5, 0.6) is 0 Å². The number of carbonyl (C=O) groups is 1. The summed E-state index contributed by atoms with van der Waals surface area (Å²) in [6, 6.07) is 3.63. The molecule has 15 heavy (non-hydrogen) atoms. The molecule has 0 bridgehead atoms. The van der Waals surface area contributed by atoms with Crippen LogP contribution in [-0.2, 0) is 9.53 Å². The smallest absolute Gasteiger partial charge is 0.322 e. The van der Waals surface area contributed by atoms with Crippen molar-refractivity contribution in [2.24, 2.45) is 0 Å². The Hall–Kier alpha value is -1.42. The van der Waals surface area contributed by atoms with E-state index >= 15 is 0 Å². The molecule has 1 unspecified atom stereocenters. The summed E-state index contributed by atoms with van der Waals surface area (Å²) in [4.78, 5) is 15.1. The third kappa shape index (κ3) is 3.32. The molecule has 0 amide bonds. The molecule has 1 rings (SSSR count). The summed E-state index contributed by atoms with van der Waals surface area (Å²) in [5.74, 6) is -0.254. The van der Waals surface area contributed by atoms with Gasteiger partial charge in [-0.25, -0.2) is 0 Å². The second-order valence-corrected chi connectivity index (χ2v) is 3.41. The minimum atomic E-state index is -0.307. The number of esters is 1. The monoisotopic (exact) mass is 208 g/mol. The van der Waals surface area contributed by atoms with Gasteiger partial charge in [-0.1, -0.05) is 0 Å². The van der Waals surface area contributed by atoms with Gasteiger partial charge in [-0.3, -0.25) is 15.1 Å². The number of nitrogens with zero attached hydrogens (tertiary/aromatic N) is 1. The summed E-state index contributed by atoms with van der Waals surface area (Å²) >= 11 is 0. The minimum absolute atomic E-state index is 0.0992. The lowest BCUT2D eigenvalue weighted by Crippen LogP contribution is -2.36. The molecule has 82 valence electrons. The van der Waals surface area contributed by atoms with Crippen molar-refractivity contribution in [3.05, 3.63) is 30.1 Å². The molecule has 1 aromatic heterocycles. The van der Waals surface area contributed by atoms with E-state index in [1.165, 1.54) is 7.11 Å². The van der Waals surface area contributed by atoms with Crippen molar-refractivity contribution in [3.8, 4) is 0 Å². The van der Waals surface area contributed by atoms with E-state index in [2.05, 4.69) is 15.0 Å². The fourth-order valence-corrected chi connectivity index (χ4v) is 1.37. The molecule has 0 aliphatic carbocycles. The molecule has 0 spiro atoms. The number of ether oxygens (including phenoxy) is 1. The van der Waals surface area contributed by atoms with Crippen LogP contribution >= 0.6 is 0 Å². The Balaban J connectivity index is 2.56. The molecule has 2 atom stereocenters. The van der Waals surface area contributed by atoms with E-state index in [0.29, 0.717) is 0 Å². The van der Waals surface area contributed by atoms with Crippen molar-refractivity contribution in [2.75, 3.05) is 7.11 Å². The van der Waals surface area contributed by atoms with Gasteiger partial charge in [-0.15, -0.1) is 0 Å². The SMILES string of the molecule is COC(=O)C(C)N[C@@H](C)c1ccncc1. The topological polar surface area (TPSA) is 51.2 Å². The zero-order valence-corrected chi connectivity index (χ0v) is 9.23. The normalized spacial score (nSPS) is 14.3. The molecule has 4 heteroatoms. The van der Waals surface area contributed by atoms with Gasteiger partial charge < -0.3 is 4.74 Å². The van der Waals surface area contributed by atoms with E-state index in [4.69, 9.17) is 0 Å². The highest BCUT2D eigenvalue weighted by Crippen LogP contribution is 2.11. The molecule has 4 nitrogen and oxygen atoms in total. The van der Waals surface area contributed by atoms with Crippen LogP contribution in [0.4, 0.5) is 0 Å². The van der Waals surface area contributed by atoms with Gasteiger partial charge in [-0.05, 0) is 31.5 Å². The lowest BCUT2D eigenvalue weighted by atomic mass is 10.1. The highest BCUT2D eigenvalue weighted by Gasteiger charge is 2.15. The van der Waals surface area contributed by atoms with Gasteiger partial charge in [0.15, 0.2) is 0 Å². The van der Waals surface area contributed by atoms with Crippen molar-refractivity contribution in [1.82, 2.24) is 10.3 Å². The van der Waals surface area contributed by atoms with Gasteiger partial charge in [0.05, 0.1) is 7.11 Å². The second kappa shape index (κ2) is 5.46. The van der Waals surface area contributed by atoms with Crippen molar-refractivity contribution < 1.29 is 9.53 Å². The van der Waals surface area contributed by atoms with Crippen LogP contribution in [0.15, 0.2) is 24.5 Å². The Morgan fingerprint density at radius 1 is 1.40 bits per heavy atom. The number of rotatable bonds is 4. The number of pyridine rings is 1. The first-order chi connectivity index (χ1) is 7.15. The van der Waals surface area contributed by atoms with Gasteiger partial charge in [-0.2, -0.15) is 0 Å². The predicted octanol–water partition coefficient (Wildman–Crippen LogP) is 1.29. The standard InChI is InChI=1S/C11H16N2O2/c1-8(10-4-6-12-7-5-10)13-9(2)11(14)15-3/h4-9,13H,1-3H3/t8-,9?/m0/s1. The molecule has 0 radical (unpaired) electrons. The number of hydrogen-bond donors (Lipinski definition) is 1. The Bertz CT molecular complexity index is 314. The zero-order chi connectivity index (χ0) is 11.3. The van der Waals surface area contributed by atoms with E-state index in [1.807, 2.05) is 19.1 Å². The van der Waals surface area contributed by atoms with Crippen LogP contribution in [-0.4, -0.2) is 24.1 Å². The molecule has 1 aromatic rings. The van der Waals surface area contributed by atoms with Gasteiger partial charge >= 0.3 is 5.97 Å². The van der Waals surface area contributed by atoms with Crippen molar-refractivity contribution >= 4 is 5.97 Å². The minimum Gasteiger partial charge on any atom is -0.468 e. The summed E-state index contributed by atoms with van der Waals surface area (Å²) < 4.78 is 4.63. The Labute approximate surface area is 89.7 Å². The molecule has 0 fully saturated rings. The molecule has 0 aliphatic heterocycles. The summed E-state index contributed by atoms with van der Waals surface area (Å²) in [5, 5.41) is 3.14. The maximum absolute atomic E-state index is 11.2. The number of aromatic nitrogens is 1. The van der Waals surface area contributed by atoms with Crippen LogP contribution < -0.4 is 5.32 Å². The van der Waals surface area contributed by atoms with Gasteiger partial charge in [0.1, 0.15) is 6.04 Å². The average molecular weight is 208 g/mol. The first-order valence-corrected chi connectivity index (χ1v) is 4.89. The quantitative estimate of drug-likeness (QED) is 0.758. The molecule has 1 N–H and O–H groups in total. The fraction of sp³-hybridized carbons (Fsp3) is 0.455. The third-order valence-corrected chi connectivity index (χ3v) is 2.26. The molecule has 0 aromatic carbocycles. The van der Waals surface area contributed by atoms with Crippen molar-refractivity contribution in [1.29, 1.82) is 0 Å².